The lowest BCUT2D eigenvalue weighted by atomic mass is 9.95. The van der Waals surface area contributed by atoms with Gasteiger partial charge in [-0.05, 0) is 60.4 Å². The molecule has 0 radical (unpaired) electrons. The Hall–Kier alpha value is -4.76. The molecule has 7 rings (SSSR count). The quantitative estimate of drug-likeness (QED) is 0.210. The van der Waals surface area contributed by atoms with Crippen LogP contribution in [0.15, 0.2) is 126 Å². The van der Waals surface area contributed by atoms with Crippen molar-refractivity contribution in [2.75, 3.05) is 11.9 Å². The summed E-state index contributed by atoms with van der Waals surface area (Å²) in [7, 11) is 2.22. The van der Waals surface area contributed by atoms with Crippen molar-refractivity contribution in [3.8, 4) is 5.69 Å². The highest BCUT2D eigenvalue weighted by Gasteiger charge is 2.26. The van der Waals surface area contributed by atoms with Gasteiger partial charge in [-0.3, -0.25) is 0 Å². The van der Waals surface area contributed by atoms with E-state index in [1.807, 2.05) is 24.3 Å². The molecule has 1 atom stereocenters. The number of hydrogen-bond donors (Lipinski definition) is 0. The maximum atomic E-state index is 6.24. The third-order valence-electron chi connectivity index (χ3n) is 8.01. The third kappa shape index (κ3) is 3.81. The summed E-state index contributed by atoms with van der Waals surface area (Å²) < 4.78 is 8.67. The van der Waals surface area contributed by atoms with Crippen LogP contribution in [0.5, 0.6) is 0 Å². The lowest BCUT2D eigenvalue weighted by Gasteiger charge is -2.31. The van der Waals surface area contributed by atoms with Crippen molar-refractivity contribution < 1.29 is 4.42 Å². The standard InChI is InChI=1S/C36H30N2O/c1-3-4-5-13-25-14-6-9-17-30(25)37(2)26-22-23-32-29(24-26)27-15-7-10-18-31(27)38(32)33-19-12-21-35-36(33)28-16-8-11-20-34(28)39-35/h3-12,14-23,26H,1,13,24H2,2H3/b5-4-. The van der Waals surface area contributed by atoms with Gasteiger partial charge in [0.15, 0.2) is 0 Å². The van der Waals surface area contributed by atoms with Crippen LogP contribution in [0, 0.1) is 0 Å². The Kier molecular flexibility index (Phi) is 5.70. The Labute approximate surface area is 228 Å². The van der Waals surface area contributed by atoms with E-state index in [1.54, 1.807) is 0 Å². The monoisotopic (exact) mass is 506 g/mol. The molecule has 0 spiro atoms. The molecule has 190 valence electrons. The van der Waals surface area contributed by atoms with Crippen LogP contribution in [0.25, 0.3) is 44.6 Å². The Morgan fingerprint density at radius 3 is 2.56 bits per heavy atom. The van der Waals surface area contributed by atoms with Crippen molar-refractivity contribution in [3.63, 3.8) is 0 Å². The van der Waals surface area contributed by atoms with Gasteiger partial charge < -0.3 is 13.9 Å². The molecule has 3 nitrogen and oxygen atoms in total. The molecular weight excluding hydrogens is 476 g/mol. The first-order chi connectivity index (χ1) is 19.2. The molecule has 0 amide bonds. The summed E-state index contributed by atoms with van der Waals surface area (Å²) >= 11 is 0. The largest absolute Gasteiger partial charge is 0.456 e. The van der Waals surface area contributed by atoms with E-state index in [4.69, 9.17) is 4.42 Å². The summed E-state index contributed by atoms with van der Waals surface area (Å²) in [5.74, 6) is 0. The van der Waals surface area contributed by atoms with E-state index >= 15 is 0 Å². The fourth-order valence-electron chi connectivity index (χ4n) is 6.16. The zero-order valence-corrected chi connectivity index (χ0v) is 22.0. The van der Waals surface area contributed by atoms with Crippen LogP contribution in [-0.4, -0.2) is 17.7 Å². The minimum absolute atomic E-state index is 0.256. The summed E-state index contributed by atoms with van der Waals surface area (Å²) in [5, 5.41) is 3.61. The van der Waals surface area contributed by atoms with E-state index < -0.39 is 0 Å². The van der Waals surface area contributed by atoms with Crippen molar-refractivity contribution in [3.05, 3.63) is 139 Å². The van der Waals surface area contributed by atoms with Crippen LogP contribution in [0.2, 0.25) is 0 Å². The first-order valence-electron chi connectivity index (χ1n) is 13.5. The number of aromatic nitrogens is 1. The Morgan fingerprint density at radius 2 is 1.67 bits per heavy atom. The average Bonchev–Trinajstić information content (AvgIpc) is 3.53. The SMILES string of the molecule is C=C/C=C\Cc1ccccc1N(C)C1C=Cc2c(c3ccccc3n2-c2cccc3oc4ccccc4c23)C1. The summed E-state index contributed by atoms with van der Waals surface area (Å²) in [6.45, 7) is 3.81. The first-order valence-corrected chi connectivity index (χ1v) is 13.5. The lowest BCUT2D eigenvalue weighted by molar-refractivity contribution is 0.669. The number of benzene rings is 4. The minimum atomic E-state index is 0.256. The van der Waals surface area contributed by atoms with Gasteiger partial charge in [0.2, 0.25) is 0 Å². The second-order valence-electron chi connectivity index (χ2n) is 10.2. The Morgan fingerprint density at radius 1 is 0.897 bits per heavy atom. The maximum Gasteiger partial charge on any atom is 0.137 e. The predicted octanol–water partition coefficient (Wildman–Crippen LogP) is 8.89. The molecule has 2 heterocycles. The molecule has 6 aromatic rings. The molecule has 0 N–H and O–H groups in total. The van der Waals surface area contributed by atoms with Crippen LogP contribution < -0.4 is 4.90 Å². The number of hydrogen-bond acceptors (Lipinski definition) is 2. The fraction of sp³-hybridized carbons (Fsp3) is 0.111. The third-order valence-corrected chi connectivity index (χ3v) is 8.01. The molecule has 0 saturated heterocycles. The number of likely N-dealkylation sites (N-methyl/N-ethyl adjacent to an activating group) is 1. The normalized spacial score (nSPS) is 14.9. The van der Waals surface area contributed by atoms with Gasteiger partial charge in [-0.15, -0.1) is 0 Å². The number of anilines is 1. The van der Waals surface area contributed by atoms with Gasteiger partial charge in [-0.25, -0.2) is 0 Å². The second kappa shape index (κ2) is 9.52. The number of allylic oxidation sites excluding steroid dienone is 3. The van der Waals surface area contributed by atoms with Crippen molar-refractivity contribution in [2.24, 2.45) is 0 Å². The van der Waals surface area contributed by atoms with E-state index in [1.165, 1.54) is 33.4 Å². The Balaban J connectivity index is 1.36. The van der Waals surface area contributed by atoms with E-state index in [2.05, 4.69) is 120 Å². The van der Waals surface area contributed by atoms with Gasteiger partial charge in [0.1, 0.15) is 11.2 Å². The van der Waals surface area contributed by atoms with Crippen LogP contribution in [0.1, 0.15) is 16.8 Å². The molecule has 1 unspecified atom stereocenters. The van der Waals surface area contributed by atoms with Crippen LogP contribution in [0.3, 0.4) is 0 Å². The van der Waals surface area contributed by atoms with Gasteiger partial charge in [-0.2, -0.15) is 0 Å². The van der Waals surface area contributed by atoms with Crippen molar-refractivity contribution in [1.29, 1.82) is 0 Å². The van der Waals surface area contributed by atoms with Gasteiger partial charge in [0, 0.05) is 29.2 Å². The molecular formula is C36H30N2O. The van der Waals surface area contributed by atoms with Gasteiger partial charge in [0.25, 0.3) is 0 Å². The maximum absolute atomic E-state index is 6.24. The summed E-state index contributed by atoms with van der Waals surface area (Å²) in [6.07, 6.45) is 12.5. The van der Waals surface area contributed by atoms with E-state index in [0.717, 1.165) is 40.5 Å². The minimum Gasteiger partial charge on any atom is -0.456 e. The van der Waals surface area contributed by atoms with Gasteiger partial charge in [0.05, 0.1) is 22.6 Å². The molecule has 3 heteroatoms. The molecule has 0 saturated carbocycles. The molecule has 1 aliphatic carbocycles. The summed E-state index contributed by atoms with van der Waals surface area (Å²) in [5.41, 5.74) is 9.44. The summed E-state index contributed by atoms with van der Waals surface area (Å²) in [6, 6.07) is 32.5. The Bertz CT molecular complexity index is 1920. The first kappa shape index (κ1) is 23.4. The molecule has 0 aliphatic heterocycles. The van der Waals surface area contributed by atoms with E-state index in [9.17, 15) is 0 Å². The number of fused-ring (bicyclic) bond motifs is 6. The number of para-hydroxylation sites is 3. The van der Waals surface area contributed by atoms with Crippen LogP contribution in [0.4, 0.5) is 5.69 Å². The number of rotatable bonds is 6. The molecule has 0 bridgehead atoms. The zero-order chi connectivity index (χ0) is 26.3. The highest BCUT2D eigenvalue weighted by Crippen LogP contribution is 2.40. The van der Waals surface area contributed by atoms with Gasteiger partial charge >= 0.3 is 0 Å². The lowest BCUT2D eigenvalue weighted by Crippen LogP contribution is -2.34. The molecule has 0 fully saturated rings. The second-order valence-corrected chi connectivity index (χ2v) is 10.2. The summed E-state index contributed by atoms with van der Waals surface area (Å²) in [4.78, 5) is 2.42. The van der Waals surface area contributed by atoms with Crippen LogP contribution in [-0.2, 0) is 12.8 Å². The fourth-order valence-corrected chi connectivity index (χ4v) is 6.16. The molecule has 39 heavy (non-hydrogen) atoms. The highest BCUT2D eigenvalue weighted by molar-refractivity contribution is 6.10. The zero-order valence-electron chi connectivity index (χ0n) is 22.0. The van der Waals surface area contributed by atoms with E-state index in [0.29, 0.717) is 0 Å². The predicted molar refractivity (Wildman–Crippen MR) is 165 cm³/mol. The average molecular weight is 507 g/mol. The highest BCUT2D eigenvalue weighted by atomic mass is 16.3. The van der Waals surface area contributed by atoms with Crippen molar-refractivity contribution >= 4 is 44.6 Å². The molecule has 1 aliphatic rings. The van der Waals surface area contributed by atoms with Crippen molar-refractivity contribution in [2.45, 2.75) is 18.9 Å². The number of furan rings is 1. The van der Waals surface area contributed by atoms with E-state index in [-0.39, 0.29) is 6.04 Å². The molecule has 4 aromatic carbocycles. The van der Waals surface area contributed by atoms with Crippen LogP contribution >= 0.6 is 0 Å². The number of nitrogens with zero attached hydrogens (tertiary/aromatic N) is 2. The smallest absolute Gasteiger partial charge is 0.137 e. The topological polar surface area (TPSA) is 21.3 Å². The molecule has 2 aromatic heterocycles. The van der Waals surface area contributed by atoms with Gasteiger partial charge in [-0.1, -0.05) is 91.5 Å². The van der Waals surface area contributed by atoms with Crippen molar-refractivity contribution in [1.82, 2.24) is 4.57 Å².